The van der Waals surface area contributed by atoms with E-state index in [2.05, 4.69) is 37.9 Å². The molecule has 2 heteroatoms. The van der Waals surface area contributed by atoms with Crippen molar-refractivity contribution in [3.05, 3.63) is 0 Å². The summed E-state index contributed by atoms with van der Waals surface area (Å²) in [5.74, 6) is 0.756. The Balaban J connectivity index is 2.34. The van der Waals surface area contributed by atoms with Crippen LogP contribution in [0.1, 0.15) is 59.8 Å². The summed E-state index contributed by atoms with van der Waals surface area (Å²) in [6.07, 6.45) is 6.81. The van der Waals surface area contributed by atoms with Gasteiger partial charge in [-0.05, 0) is 25.3 Å². The Morgan fingerprint density at radius 2 is 1.94 bits per heavy atom. The number of rotatable bonds is 7. The summed E-state index contributed by atoms with van der Waals surface area (Å²) in [5.41, 5.74) is 0. The Labute approximate surface area is 108 Å². The molecule has 0 bridgehead atoms. The SMILES string of the molecule is CCCCCCN1CC(C(C)C)NCC1CC. The first-order valence-electron chi connectivity index (χ1n) is 7.66. The number of unbranched alkanes of at least 4 members (excludes halogenated alkanes) is 3. The summed E-state index contributed by atoms with van der Waals surface area (Å²) in [6, 6.07) is 1.47. The molecule has 0 aromatic rings. The van der Waals surface area contributed by atoms with Crippen molar-refractivity contribution in [3.8, 4) is 0 Å². The van der Waals surface area contributed by atoms with Gasteiger partial charge in [-0.1, -0.05) is 47.0 Å². The molecule has 17 heavy (non-hydrogen) atoms. The van der Waals surface area contributed by atoms with Gasteiger partial charge in [-0.3, -0.25) is 4.90 Å². The highest BCUT2D eigenvalue weighted by molar-refractivity contribution is 4.86. The van der Waals surface area contributed by atoms with Crippen LogP contribution in [0.5, 0.6) is 0 Å². The fourth-order valence-electron chi connectivity index (χ4n) is 2.75. The molecule has 0 aliphatic carbocycles. The molecule has 1 heterocycles. The molecule has 1 aliphatic rings. The van der Waals surface area contributed by atoms with Gasteiger partial charge in [0.25, 0.3) is 0 Å². The van der Waals surface area contributed by atoms with Gasteiger partial charge >= 0.3 is 0 Å². The average molecular weight is 240 g/mol. The molecule has 0 aromatic heterocycles. The summed E-state index contributed by atoms with van der Waals surface area (Å²) >= 11 is 0. The van der Waals surface area contributed by atoms with Gasteiger partial charge in [0, 0.05) is 25.2 Å². The number of nitrogens with one attached hydrogen (secondary N) is 1. The van der Waals surface area contributed by atoms with Crippen molar-refractivity contribution in [3.63, 3.8) is 0 Å². The average Bonchev–Trinajstić information content (AvgIpc) is 2.34. The molecule has 0 saturated carbocycles. The van der Waals surface area contributed by atoms with Gasteiger partial charge < -0.3 is 5.32 Å². The van der Waals surface area contributed by atoms with Crippen molar-refractivity contribution >= 4 is 0 Å². The third-order valence-electron chi connectivity index (χ3n) is 4.14. The number of hydrogen-bond acceptors (Lipinski definition) is 2. The third kappa shape index (κ3) is 4.97. The summed E-state index contributed by atoms with van der Waals surface area (Å²) < 4.78 is 0. The highest BCUT2D eigenvalue weighted by Crippen LogP contribution is 2.16. The van der Waals surface area contributed by atoms with E-state index < -0.39 is 0 Å². The predicted octanol–water partition coefficient (Wildman–Crippen LogP) is 3.28. The lowest BCUT2D eigenvalue weighted by atomic mass is 9.98. The molecule has 0 spiro atoms. The van der Waals surface area contributed by atoms with E-state index in [1.165, 1.54) is 51.7 Å². The first-order chi connectivity index (χ1) is 8.19. The molecule has 2 unspecified atom stereocenters. The fourth-order valence-corrected chi connectivity index (χ4v) is 2.75. The zero-order chi connectivity index (χ0) is 12.7. The van der Waals surface area contributed by atoms with E-state index in [0.717, 1.165) is 12.0 Å². The van der Waals surface area contributed by atoms with Gasteiger partial charge in [-0.15, -0.1) is 0 Å². The molecule has 1 fully saturated rings. The van der Waals surface area contributed by atoms with Crippen molar-refractivity contribution in [2.24, 2.45) is 5.92 Å². The minimum atomic E-state index is 0.698. The zero-order valence-electron chi connectivity index (χ0n) is 12.3. The van der Waals surface area contributed by atoms with Gasteiger partial charge in [-0.2, -0.15) is 0 Å². The maximum absolute atomic E-state index is 3.71. The standard InChI is InChI=1S/C15H32N2/c1-5-7-8-9-10-17-12-15(13(3)4)16-11-14(17)6-2/h13-16H,5-12H2,1-4H3. The predicted molar refractivity (Wildman–Crippen MR) is 76.4 cm³/mol. The molecule has 0 radical (unpaired) electrons. The number of nitrogens with zero attached hydrogens (tertiary/aromatic N) is 1. The van der Waals surface area contributed by atoms with Crippen LogP contribution in [-0.4, -0.2) is 36.6 Å². The van der Waals surface area contributed by atoms with Crippen molar-refractivity contribution in [2.45, 2.75) is 71.9 Å². The monoisotopic (exact) mass is 240 g/mol. The second-order valence-electron chi connectivity index (χ2n) is 5.88. The lowest BCUT2D eigenvalue weighted by Crippen LogP contribution is -2.57. The van der Waals surface area contributed by atoms with Crippen LogP contribution in [0.15, 0.2) is 0 Å². The van der Waals surface area contributed by atoms with E-state index in [9.17, 15) is 0 Å². The zero-order valence-corrected chi connectivity index (χ0v) is 12.3. The van der Waals surface area contributed by atoms with E-state index in [1.807, 2.05) is 0 Å². The van der Waals surface area contributed by atoms with Crippen LogP contribution in [-0.2, 0) is 0 Å². The van der Waals surface area contributed by atoms with Crippen molar-refractivity contribution < 1.29 is 0 Å². The lowest BCUT2D eigenvalue weighted by molar-refractivity contribution is 0.108. The largest absolute Gasteiger partial charge is 0.311 e. The Kier molecular flexibility index (Phi) is 7.14. The van der Waals surface area contributed by atoms with Crippen molar-refractivity contribution in [2.75, 3.05) is 19.6 Å². The Morgan fingerprint density at radius 3 is 2.53 bits per heavy atom. The molecule has 1 saturated heterocycles. The van der Waals surface area contributed by atoms with Crippen LogP contribution in [0, 0.1) is 5.92 Å². The highest BCUT2D eigenvalue weighted by Gasteiger charge is 2.27. The summed E-state index contributed by atoms with van der Waals surface area (Å²) in [5, 5.41) is 3.71. The van der Waals surface area contributed by atoms with Gasteiger partial charge in [-0.25, -0.2) is 0 Å². The Morgan fingerprint density at radius 1 is 1.18 bits per heavy atom. The number of piperazine rings is 1. The quantitative estimate of drug-likeness (QED) is 0.687. The van der Waals surface area contributed by atoms with E-state index in [0.29, 0.717) is 6.04 Å². The van der Waals surface area contributed by atoms with Gasteiger partial charge in [0.05, 0.1) is 0 Å². The van der Waals surface area contributed by atoms with E-state index in [-0.39, 0.29) is 0 Å². The first-order valence-corrected chi connectivity index (χ1v) is 7.66. The van der Waals surface area contributed by atoms with Gasteiger partial charge in [0.1, 0.15) is 0 Å². The van der Waals surface area contributed by atoms with Gasteiger partial charge in [0.2, 0.25) is 0 Å². The van der Waals surface area contributed by atoms with E-state index in [1.54, 1.807) is 0 Å². The van der Waals surface area contributed by atoms with Crippen molar-refractivity contribution in [1.29, 1.82) is 0 Å². The molecule has 1 rings (SSSR count). The second-order valence-corrected chi connectivity index (χ2v) is 5.88. The van der Waals surface area contributed by atoms with Crippen molar-refractivity contribution in [1.82, 2.24) is 10.2 Å². The van der Waals surface area contributed by atoms with Crippen LogP contribution < -0.4 is 5.32 Å². The minimum absolute atomic E-state index is 0.698. The Bertz CT molecular complexity index is 191. The smallest absolute Gasteiger partial charge is 0.0218 e. The molecule has 2 atom stereocenters. The van der Waals surface area contributed by atoms with Gasteiger partial charge in [0.15, 0.2) is 0 Å². The number of hydrogen-bond donors (Lipinski definition) is 1. The van der Waals surface area contributed by atoms with Crippen LogP contribution >= 0.6 is 0 Å². The normalized spacial score (nSPS) is 26.6. The van der Waals surface area contributed by atoms with Crippen LogP contribution in [0.2, 0.25) is 0 Å². The summed E-state index contributed by atoms with van der Waals surface area (Å²) in [4.78, 5) is 2.73. The molecule has 1 N–H and O–H groups in total. The summed E-state index contributed by atoms with van der Waals surface area (Å²) in [6.45, 7) is 13.0. The van der Waals surface area contributed by atoms with Crippen LogP contribution in [0.4, 0.5) is 0 Å². The molecular weight excluding hydrogens is 208 g/mol. The fraction of sp³-hybridized carbons (Fsp3) is 1.00. The molecule has 2 nitrogen and oxygen atoms in total. The molecule has 0 aromatic carbocycles. The lowest BCUT2D eigenvalue weighted by Gasteiger charge is -2.41. The van der Waals surface area contributed by atoms with Crippen LogP contribution in [0.3, 0.4) is 0 Å². The third-order valence-corrected chi connectivity index (χ3v) is 4.14. The molecule has 0 amide bonds. The van der Waals surface area contributed by atoms with E-state index in [4.69, 9.17) is 0 Å². The topological polar surface area (TPSA) is 15.3 Å². The molecule has 1 aliphatic heterocycles. The molecular formula is C15H32N2. The van der Waals surface area contributed by atoms with Crippen LogP contribution in [0.25, 0.3) is 0 Å². The minimum Gasteiger partial charge on any atom is -0.311 e. The van der Waals surface area contributed by atoms with E-state index >= 15 is 0 Å². The molecule has 102 valence electrons. The maximum atomic E-state index is 3.71. The first kappa shape index (κ1) is 15.0. The Hall–Kier alpha value is -0.0800. The maximum Gasteiger partial charge on any atom is 0.0218 e. The summed E-state index contributed by atoms with van der Waals surface area (Å²) in [7, 11) is 0. The second kappa shape index (κ2) is 8.10. The highest BCUT2D eigenvalue weighted by atomic mass is 15.2.